The predicted molar refractivity (Wildman–Crippen MR) is 142 cm³/mol. The molecule has 0 aliphatic rings. The van der Waals surface area contributed by atoms with E-state index < -0.39 is 11.2 Å². The summed E-state index contributed by atoms with van der Waals surface area (Å²) < 4.78 is 13.8. The molecule has 8 nitrogen and oxygen atoms in total. The molecule has 0 atom stereocenters. The van der Waals surface area contributed by atoms with Gasteiger partial charge in [-0.1, -0.05) is 48.0 Å². The first-order valence-electron chi connectivity index (χ1n) is 11.1. The molecule has 0 spiro atoms. The lowest BCUT2D eigenvalue weighted by Gasteiger charge is -2.16. The fourth-order valence-corrected chi connectivity index (χ4v) is 3.76. The molecule has 0 fully saturated rings. The maximum Gasteiger partial charge on any atom is 0.332 e. The van der Waals surface area contributed by atoms with Crippen molar-refractivity contribution >= 4 is 34.9 Å². The minimum atomic E-state index is -0.592. The van der Waals surface area contributed by atoms with Crippen LogP contribution in [0.4, 0.5) is 5.82 Å². The number of aromatic nitrogens is 2. The van der Waals surface area contributed by atoms with Gasteiger partial charge in [0.05, 0.1) is 18.7 Å². The fourth-order valence-electron chi connectivity index (χ4n) is 3.45. The Hall–Kier alpha value is -3.33. The molecule has 0 radical (unpaired) electrons. The van der Waals surface area contributed by atoms with Crippen molar-refractivity contribution in [1.29, 1.82) is 0 Å². The Balaban J connectivity index is 1.90. The molecule has 0 aliphatic carbocycles. The van der Waals surface area contributed by atoms with Crippen LogP contribution in [0.2, 0.25) is 10.0 Å². The zero-order chi connectivity index (χ0) is 26.2. The van der Waals surface area contributed by atoms with E-state index in [1.54, 1.807) is 43.3 Å². The van der Waals surface area contributed by atoms with E-state index in [4.69, 9.17) is 32.7 Å². The Morgan fingerprint density at radius 1 is 1.08 bits per heavy atom. The van der Waals surface area contributed by atoms with Crippen molar-refractivity contribution in [3.05, 3.63) is 103 Å². The molecule has 10 heteroatoms. The van der Waals surface area contributed by atoms with Gasteiger partial charge in [0.2, 0.25) is 5.90 Å². The monoisotopic (exact) mass is 531 g/mol. The Kier molecular flexibility index (Phi) is 9.52. The number of aliphatic imine (C=N–C) groups is 1. The van der Waals surface area contributed by atoms with Crippen LogP contribution in [-0.4, -0.2) is 40.0 Å². The quantitative estimate of drug-likeness (QED) is 0.241. The number of benzene rings is 2. The molecule has 0 bridgehead atoms. The van der Waals surface area contributed by atoms with Gasteiger partial charge >= 0.3 is 5.69 Å². The van der Waals surface area contributed by atoms with Crippen molar-refractivity contribution in [2.45, 2.75) is 19.9 Å². The molecule has 0 saturated heterocycles. The van der Waals surface area contributed by atoms with Gasteiger partial charge in [-0.15, -0.1) is 0 Å². The van der Waals surface area contributed by atoms with Gasteiger partial charge in [-0.05, 0) is 42.8 Å². The van der Waals surface area contributed by atoms with Crippen LogP contribution in [0.1, 0.15) is 11.1 Å². The maximum absolute atomic E-state index is 12.7. The fraction of sp³-hybridized carbons (Fsp3) is 0.269. The number of ether oxygens (including phenoxy) is 2. The second kappa shape index (κ2) is 12.6. The highest BCUT2D eigenvalue weighted by Gasteiger charge is 2.16. The molecule has 0 unspecified atom stereocenters. The molecule has 3 rings (SSSR count). The lowest BCUT2D eigenvalue weighted by atomic mass is 10.1. The maximum atomic E-state index is 12.7. The number of aliphatic hydroxyl groups excluding tert-OH is 1. The molecular weight excluding hydrogens is 505 g/mol. The van der Waals surface area contributed by atoms with Crippen molar-refractivity contribution in [1.82, 2.24) is 9.13 Å². The van der Waals surface area contributed by atoms with E-state index >= 15 is 0 Å². The minimum absolute atomic E-state index is 0.107. The highest BCUT2D eigenvalue weighted by Crippen LogP contribution is 2.19. The van der Waals surface area contributed by atoms with E-state index in [0.29, 0.717) is 27.8 Å². The molecule has 190 valence electrons. The topological polar surface area (TPSA) is 95.1 Å². The predicted octanol–water partition coefficient (Wildman–Crippen LogP) is 4.08. The number of nitrogens with zero attached hydrogens (tertiary/aromatic N) is 3. The smallest absolute Gasteiger partial charge is 0.332 e. The second-order valence-electron chi connectivity index (χ2n) is 7.95. The Morgan fingerprint density at radius 2 is 1.81 bits per heavy atom. The first-order valence-corrected chi connectivity index (χ1v) is 11.9. The van der Waals surface area contributed by atoms with Gasteiger partial charge in [-0.2, -0.15) is 4.99 Å². The Morgan fingerprint density at radius 3 is 2.47 bits per heavy atom. The van der Waals surface area contributed by atoms with Crippen molar-refractivity contribution in [3.8, 4) is 5.75 Å². The van der Waals surface area contributed by atoms with Crippen molar-refractivity contribution in [2.24, 2.45) is 12.0 Å². The summed E-state index contributed by atoms with van der Waals surface area (Å²) in [4.78, 5) is 30.0. The lowest BCUT2D eigenvalue weighted by molar-refractivity contribution is 0.209. The summed E-state index contributed by atoms with van der Waals surface area (Å²) in [5.74, 6) is 0.898. The minimum Gasteiger partial charge on any atom is -0.490 e. The molecule has 0 aliphatic heterocycles. The largest absolute Gasteiger partial charge is 0.490 e. The third-order valence-corrected chi connectivity index (χ3v) is 5.78. The van der Waals surface area contributed by atoms with Crippen LogP contribution in [0, 0.1) is 6.92 Å². The van der Waals surface area contributed by atoms with Gasteiger partial charge in [0.25, 0.3) is 5.56 Å². The van der Waals surface area contributed by atoms with Gasteiger partial charge < -0.3 is 14.6 Å². The van der Waals surface area contributed by atoms with Crippen LogP contribution in [0.25, 0.3) is 0 Å². The van der Waals surface area contributed by atoms with E-state index in [1.807, 2.05) is 12.1 Å². The van der Waals surface area contributed by atoms with E-state index in [-0.39, 0.29) is 43.6 Å². The number of hydrogen-bond donors (Lipinski definition) is 1. The average Bonchev–Trinajstić information content (AvgIpc) is 2.86. The van der Waals surface area contributed by atoms with Crippen LogP contribution in [0.3, 0.4) is 0 Å². The van der Waals surface area contributed by atoms with E-state index in [9.17, 15) is 14.7 Å². The molecule has 0 amide bonds. The number of hydrogen-bond acceptors (Lipinski definition) is 6. The van der Waals surface area contributed by atoms with Gasteiger partial charge in [0, 0.05) is 29.1 Å². The molecule has 1 heterocycles. The summed E-state index contributed by atoms with van der Waals surface area (Å²) in [5, 5.41) is 10.4. The van der Waals surface area contributed by atoms with E-state index in [2.05, 4.69) is 11.6 Å². The van der Waals surface area contributed by atoms with Crippen molar-refractivity contribution < 1.29 is 14.6 Å². The summed E-state index contributed by atoms with van der Waals surface area (Å²) >= 11 is 12.0. The van der Waals surface area contributed by atoms with E-state index in [1.165, 1.54) is 11.6 Å². The highest BCUT2D eigenvalue weighted by atomic mass is 35.5. The first kappa shape index (κ1) is 27.3. The van der Waals surface area contributed by atoms with Crippen LogP contribution < -0.4 is 16.0 Å². The summed E-state index contributed by atoms with van der Waals surface area (Å²) in [6.07, 6.45) is 0.403. The molecule has 2 aromatic carbocycles. The normalized spacial score (nSPS) is 11.4. The summed E-state index contributed by atoms with van der Waals surface area (Å²) in [5.41, 5.74) is 0.579. The summed E-state index contributed by atoms with van der Waals surface area (Å²) in [6.45, 7) is 5.56. The van der Waals surface area contributed by atoms with Gasteiger partial charge in [-0.25, -0.2) is 4.79 Å². The van der Waals surface area contributed by atoms with Crippen molar-refractivity contribution in [3.63, 3.8) is 0 Å². The first-order chi connectivity index (χ1) is 17.2. The zero-order valence-corrected chi connectivity index (χ0v) is 21.6. The third kappa shape index (κ3) is 6.87. The molecule has 1 aromatic heterocycles. The summed E-state index contributed by atoms with van der Waals surface area (Å²) in [6, 6.07) is 14.3. The van der Waals surface area contributed by atoms with Gasteiger partial charge in [-0.3, -0.25) is 13.9 Å². The Bertz CT molecular complexity index is 1340. The van der Waals surface area contributed by atoms with E-state index in [0.717, 1.165) is 10.1 Å². The molecule has 1 N–H and O–H groups in total. The van der Waals surface area contributed by atoms with Crippen LogP contribution in [-0.2, 0) is 24.8 Å². The Labute approximate surface area is 218 Å². The third-order valence-electron chi connectivity index (χ3n) is 5.29. The van der Waals surface area contributed by atoms with Crippen LogP contribution in [0.15, 0.2) is 75.3 Å². The SMILES string of the molecule is C=C(Cc1ccc(Cl)cc1)/C(=N\c1c(C)c(=O)n(CCO)c(=O)n1C)OCCOc1cccc(Cl)c1. The highest BCUT2D eigenvalue weighted by molar-refractivity contribution is 6.30. The lowest BCUT2D eigenvalue weighted by Crippen LogP contribution is -2.41. The molecule has 3 aromatic rings. The molecule has 0 saturated carbocycles. The zero-order valence-electron chi connectivity index (χ0n) is 20.0. The average molecular weight is 532 g/mol. The van der Waals surface area contributed by atoms with Crippen LogP contribution >= 0.6 is 23.2 Å². The molecular formula is C26H27Cl2N3O5. The summed E-state index contributed by atoms with van der Waals surface area (Å²) in [7, 11) is 1.50. The van der Waals surface area contributed by atoms with Crippen LogP contribution in [0.5, 0.6) is 5.75 Å². The van der Waals surface area contributed by atoms with Crippen molar-refractivity contribution in [2.75, 3.05) is 19.8 Å². The standard InChI is InChI=1S/C26H27Cl2N3O5/c1-17(15-19-7-9-20(27)10-8-19)24(36-14-13-35-22-6-4-5-21(28)16-22)29-23-18(2)25(33)31(11-12-32)26(34)30(23)3/h4-10,16,32H,1,11-15H2,2-3H3/b29-24+. The van der Waals surface area contributed by atoms with Gasteiger partial charge in [0.1, 0.15) is 24.8 Å². The van der Waals surface area contributed by atoms with Gasteiger partial charge in [0.15, 0.2) is 0 Å². The number of halogens is 2. The number of rotatable bonds is 10. The second-order valence-corrected chi connectivity index (χ2v) is 8.82. The number of aliphatic hydroxyl groups is 1. The molecule has 36 heavy (non-hydrogen) atoms.